The van der Waals surface area contributed by atoms with Crippen molar-refractivity contribution in [1.29, 1.82) is 0 Å². The van der Waals surface area contributed by atoms with E-state index in [0.29, 0.717) is 11.9 Å². The van der Waals surface area contributed by atoms with Crippen LogP contribution in [0.4, 0.5) is 11.7 Å². The van der Waals surface area contributed by atoms with Gasteiger partial charge >= 0.3 is 6.01 Å². The van der Waals surface area contributed by atoms with Crippen molar-refractivity contribution in [2.75, 3.05) is 5.32 Å². The molecular formula is C10H9Br3N4O. The molecule has 0 aliphatic carbocycles. The fraction of sp³-hybridized carbons (Fsp3) is 0.200. The van der Waals surface area contributed by atoms with E-state index in [1.807, 2.05) is 12.1 Å². The quantitative estimate of drug-likeness (QED) is 0.750. The third kappa shape index (κ3) is 3.11. The minimum atomic E-state index is -0.287. The summed E-state index contributed by atoms with van der Waals surface area (Å²) in [6, 6.07) is 3.84. The molecule has 2 rings (SSSR count). The van der Waals surface area contributed by atoms with Gasteiger partial charge in [0.25, 0.3) is 0 Å². The Morgan fingerprint density at radius 2 is 1.83 bits per heavy atom. The summed E-state index contributed by atoms with van der Waals surface area (Å²) in [5.74, 6) is 0.391. The van der Waals surface area contributed by atoms with Gasteiger partial charge in [-0.05, 0) is 50.9 Å². The van der Waals surface area contributed by atoms with Crippen LogP contribution in [0.3, 0.4) is 0 Å². The van der Waals surface area contributed by atoms with Gasteiger partial charge in [0.05, 0.1) is 11.7 Å². The van der Waals surface area contributed by atoms with Gasteiger partial charge in [0.2, 0.25) is 5.89 Å². The van der Waals surface area contributed by atoms with E-state index in [4.69, 9.17) is 10.2 Å². The highest BCUT2D eigenvalue weighted by molar-refractivity contribution is 9.11. The highest BCUT2D eigenvalue weighted by atomic mass is 79.9. The first-order chi connectivity index (χ1) is 8.47. The zero-order valence-corrected chi connectivity index (χ0v) is 14.0. The summed E-state index contributed by atoms with van der Waals surface area (Å²) >= 11 is 10.3. The number of hydrogen-bond donors (Lipinski definition) is 2. The van der Waals surface area contributed by atoms with E-state index in [1.165, 1.54) is 0 Å². The van der Waals surface area contributed by atoms with Crippen molar-refractivity contribution < 1.29 is 4.42 Å². The molecule has 0 aliphatic heterocycles. The highest BCUT2D eigenvalue weighted by Gasteiger charge is 2.13. The van der Waals surface area contributed by atoms with Crippen LogP contribution in [0.2, 0.25) is 0 Å². The summed E-state index contributed by atoms with van der Waals surface area (Å²) in [6.45, 7) is 1.78. The Morgan fingerprint density at radius 3 is 2.33 bits per heavy atom. The Balaban J connectivity index is 2.28. The Labute approximate surface area is 129 Å². The van der Waals surface area contributed by atoms with Gasteiger partial charge in [0, 0.05) is 13.4 Å². The first-order valence-corrected chi connectivity index (χ1v) is 7.36. The van der Waals surface area contributed by atoms with Gasteiger partial charge in [0.15, 0.2) is 0 Å². The average molecular weight is 441 g/mol. The first-order valence-electron chi connectivity index (χ1n) is 4.98. The SMILES string of the molecule is CC(N)c1nnc(Nc2c(Br)cc(Br)cc2Br)o1. The largest absolute Gasteiger partial charge is 0.406 e. The van der Waals surface area contributed by atoms with Crippen LogP contribution in [0.15, 0.2) is 30.0 Å². The molecule has 0 saturated carbocycles. The first kappa shape index (κ1) is 14.0. The summed E-state index contributed by atoms with van der Waals surface area (Å²) < 4.78 is 8.06. The Bertz CT molecular complexity index is 547. The number of hydrogen-bond acceptors (Lipinski definition) is 5. The lowest BCUT2D eigenvalue weighted by atomic mass is 10.3. The Morgan fingerprint density at radius 1 is 1.22 bits per heavy atom. The maximum atomic E-state index is 5.65. The van der Waals surface area contributed by atoms with Crippen LogP contribution >= 0.6 is 47.8 Å². The van der Waals surface area contributed by atoms with Crippen LogP contribution < -0.4 is 11.1 Å². The van der Waals surface area contributed by atoms with E-state index in [-0.39, 0.29) is 6.04 Å². The molecule has 0 aliphatic rings. The molecule has 1 heterocycles. The molecule has 0 radical (unpaired) electrons. The summed E-state index contributed by atoms with van der Waals surface area (Å²) in [4.78, 5) is 0. The maximum Gasteiger partial charge on any atom is 0.320 e. The van der Waals surface area contributed by atoms with Crippen LogP contribution in [-0.2, 0) is 0 Å². The van der Waals surface area contributed by atoms with Crippen LogP contribution in [-0.4, -0.2) is 10.2 Å². The van der Waals surface area contributed by atoms with E-state index in [1.54, 1.807) is 6.92 Å². The standard InChI is InChI=1S/C10H9Br3N4O/c1-4(14)9-16-17-10(18-9)15-8-6(12)2-5(11)3-7(8)13/h2-4H,14H2,1H3,(H,15,17). The molecule has 8 heteroatoms. The van der Waals surface area contributed by atoms with E-state index in [0.717, 1.165) is 19.1 Å². The van der Waals surface area contributed by atoms with Crippen LogP contribution in [0.1, 0.15) is 18.9 Å². The Kier molecular flexibility index (Phi) is 4.41. The number of nitrogens with one attached hydrogen (secondary N) is 1. The molecule has 1 unspecified atom stereocenters. The van der Waals surface area contributed by atoms with Gasteiger partial charge in [-0.1, -0.05) is 21.0 Å². The zero-order valence-electron chi connectivity index (χ0n) is 9.25. The average Bonchev–Trinajstić information content (AvgIpc) is 2.71. The third-order valence-electron chi connectivity index (χ3n) is 2.07. The molecule has 18 heavy (non-hydrogen) atoms. The lowest BCUT2D eigenvalue weighted by Gasteiger charge is -2.07. The molecule has 1 aromatic carbocycles. The Hall–Kier alpha value is -0.440. The molecule has 0 saturated heterocycles. The van der Waals surface area contributed by atoms with Crippen LogP contribution in [0.25, 0.3) is 0 Å². The van der Waals surface area contributed by atoms with E-state index in [2.05, 4.69) is 63.3 Å². The zero-order chi connectivity index (χ0) is 13.3. The van der Waals surface area contributed by atoms with E-state index < -0.39 is 0 Å². The molecular weight excluding hydrogens is 432 g/mol. The minimum Gasteiger partial charge on any atom is -0.406 e. The highest BCUT2D eigenvalue weighted by Crippen LogP contribution is 2.36. The summed E-state index contributed by atoms with van der Waals surface area (Å²) in [5, 5.41) is 10.8. The smallest absolute Gasteiger partial charge is 0.320 e. The van der Waals surface area contributed by atoms with Crippen molar-refractivity contribution in [3.8, 4) is 0 Å². The molecule has 2 aromatic rings. The number of anilines is 2. The molecule has 5 nitrogen and oxygen atoms in total. The number of benzene rings is 1. The number of nitrogens with two attached hydrogens (primary N) is 1. The predicted octanol–water partition coefficient (Wildman–Crippen LogP) is 4.12. The van der Waals surface area contributed by atoms with Gasteiger partial charge < -0.3 is 15.5 Å². The third-order valence-corrected chi connectivity index (χ3v) is 3.78. The lowest BCUT2D eigenvalue weighted by molar-refractivity contribution is 0.475. The summed E-state index contributed by atoms with van der Waals surface area (Å²) in [7, 11) is 0. The summed E-state index contributed by atoms with van der Waals surface area (Å²) in [6.07, 6.45) is 0. The summed E-state index contributed by atoms with van der Waals surface area (Å²) in [5.41, 5.74) is 6.46. The number of halogens is 3. The number of rotatable bonds is 3. The normalized spacial score (nSPS) is 12.5. The van der Waals surface area contributed by atoms with Crippen LogP contribution in [0, 0.1) is 0 Å². The number of aromatic nitrogens is 2. The minimum absolute atomic E-state index is 0.287. The molecule has 0 bridgehead atoms. The van der Waals surface area contributed by atoms with Crippen LogP contribution in [0.5, 0.6) is 0 Å². The van der Waals surface area contributed by atoms with Crippen molar-refractivity contribution in [1.82, 2.24) is 10.2 Å². The molecule has 0 spiro atoms. The van der Waals surface area contributed by atoms with Crippen molar-refractivity contribution >= 4 is 59.5 Å². The van der Waals surface area contributed by atoms with Gasteiger partial charge in [0.1, 0.15) is 0 Å². The molecule has 0 fully saturated rings. The molecule has 3 N–H and O–H groups in total. The topological polar surface area (TPSA) is 77.0 Å². The van der Waals surface area contributed by atoms with E-state index in [9.17, 15) is 0 Å². The fourth-order valence-electron chi connectivity index (χ4n) is 1.24. The monoisotopic (exact) mass is 438 g/mol. The fourth-order valence-corrected chi connectivity index (χ4v) is 3.69. The van der Waals surface area contributed by atoms with Gasteiger partial charge in [-0.3, -0.25) is 0 Å². The van der Waals surface area contributed by atoms with Crippen molar-refractivity contribution in [2.45, 2.75) is 13.0 Å². The van der Waals surface area contributed by atoms with Gasteiger partial charge in [-0.2, -0.15) is 0 Å². The second-order valence-corrected chi connectivity index (χ2v) is 6.23. The van der Waals surface area contributed by atoms with Crippen molar-refractivity contribution in [2.24, 2.45) is 5.73 Å². The van der Waals surface area contributed by atoms with Crippen molar-refractivity contribution in [3.63, 3.8) is 0 Å². The molecule has 1 aromatic heterocycles. The molecule has 1 atom stereocenters. The predicted molar refractivity (Wildman–Crippen MR) is 79.7 cm³/mol. The van der Waals surface area contributed by atoms with Gasteiger partial charge in [-0.15, -0.1) is 5.10 Å². The second-order valence-electron chi connectivity index (χ2n) is 3.60. The lowest BCUT2D eigenvalue weighted by Crippen LogP contribution is -2.04. The number of nitrogens with zero attached hydrogens (tertiary/aromatic N) is 2. The van der Waals surface area contributed by atoms with Gasteiger partial charge in [-0.25, -0.2) is 0 Å². The molecule has 96 valence electrons. The molecule has 0 amide bonds. The van der Waals surface area contributed by atoms with Crippen molar-refractivity contribution in [3.05, 3.63) is 31.4 Å². The maximum absolute atomic E-state index is 5.65. The van der Waals surface area contributed by atoms with E-state index >= 15 is 0 Å². The second kappa shape index (κ2) is 5.68.